The molecule has 0 saturated heterocycles. The molecule has 3 nitrogen and oxygen atoms in total. The summed E-state index contributed by atoms with van der Waals surface area (Å²) in [4.78, 5) is 28.2. The molecule has 0 aliphatic heterocycles. The molecule has 1 fully saturated rings. The van der Waals surface area contributed by atoms with Gasteiger partial charge in [-0.25, -0.2) is 0 Å². The normalized spacial score (nSPS) is 19.0. The topological polar surface area (TPSA) is 37.4 Å². The first-order valence-electron chi connectivity index (χ1n) is 14.1. The summed E-state index contributed by atoms with van der Waals surface area (Å²) in [5.74, 6) is 0.900. The van der Waals surface area contributed by atoms with Crippen molar-refractivity contribution < 1.29 is 9.59 Å². The van der Waals surface area contributed by atoms with Crippen LogP contribution in [0.15, 0.2) is 90.0 Å². The Morgan fingerprint density at radius 2 is 1.53 bits per heavy atom. The largest absolute Gasteiger partial charge is 0.304 e. The van der Waals surface area contributed by atoms with Crippen LogP contribution in [0.4, 0.5) is 5.69 Å². The first-order chi connectivity index (χ1) is 18.1. The van der Waals surface area contributed by atoms with E-state index in [1.54, 1.807) is 6.08 Å². The molecular weight excluding hydrogens is 466 g/mol. The van der Waals surface area contributed by atoms with E-state index >= 15 is 0 Å². The predicted molar refractivity (Wildman–Crippen MR) is 160 cm³/mol. The van der Waals surface area contributed by atoms with Crippen LogP contribution in [-0.4, -0.2) is 18.2 Å². The summed E-state index contributed by atoms with van der Waals surface area (Å²) in [6, 6.07) is 17.7. The van der Waals surface area contributed by atoms with E-state index in [1.165, 1.54) is 11.1 Å². The van der Waals surface area contributed by atoms with Crippen molar-refractivity contribution in [1.29, 1.82) is 0 Å². The van der Waals surface area contributed by atoms with Crippen LogP contribution in [0.25, 0.3) is 0 Å². The molecule has 2 aromatic carbocycles. The Hall–Kier alpha value is -3.20. The van der Waals surface area contributed by atoms with Crippen LogP contribution in [0.5, 0.6) is 0 Å². The van der Waals surface area contributed by atoms with E-state index in [2.05, 4.69) is 65.8 Å². The highest BCUT2D eigenvalue weighted by Crippen LogP contribution is 2.35. The second-order valence-electron chi connectivity index (χ2n) is 11.8. The number of aryl methyl sites for hydroxylation is 1. The zero-order valence-corrected chi connectivity index (χ0v) is 24.2. The van der Waals surface area contributed by atoms with E-state index in [0.29, 0.717) is 18.0 Å². The molecule has 202 valence electrons. The van der Waals surface area contributed by atoms with Crippen molar-refractivity contribution in [3.05, 3.63) is 101 Å². The maximum atomic E-state index is 13.6. The highest BCUT2D eigenvalue weighted by molar-refractivity contribution is 6.06. The van der Waals surface area contributed by atoms with E-state index in [0.717, 1.165) is 43.4 Å². The van der Waals surface area contributed by atoms with Gasteiger partial charge >= 0.3 is 0 Å². The summed E-state index contributed by atoms with van der Waals surface area (Å²) in [5.41, 5.74) is 5.29. The van der Waals surface area contributed by atoms with E-state index in [4.69, 9.17) is 0 Å². The molecule has 3 heteroatoms. The third-order valence-electron chi connectivity index (χ3n) is 7.35. The first kappa shape index (κ1) is 29.4. The second kappa shape index (κ2) is 13.6. The Kier molecular flexibility index (Phi) is 10.5. The van der Waals surface area contributed by atoms with Crippen molar-refractivity contribution >= 4 is 17.4 Å². The summed E-state index contributed by atoms with van der Waals surface area (Å²) in [6.07, 6.45) is 13.2. The van der Waals surface area contributed by atoms with Crippen molar-refractivity contribution in [2.75, 3.05) is 11.4 Å². The Labute approximate surface area is 230 Å². The highest BCUT2D eigenvalue weighted by Gasteiger charge is 2.26. The number of carbonyl (C=O) groups excluding carboxylic acids is 2. The lowest BCUT2D eigenvalue weighted by Gasteiger charge is -2.29. The van der Waals surface area contributed by atoms with Gasteiger partial charge < -0.3 is 4.90 Å². The van der Waals surface area contributed by atoms with E-state index in [9.17, 15) is 9.59 Å². The number of anilines is 1. The summed E-state index contributed by atoms with van der Waals surface area (Å²) in [6.45, 7) is 13.3. The molecule has 0 aromatic heterocycles. The van der Waals surface area contributed by atoms with Gasteiger partial charge in [-0.1, -0.05) is 87.4 Å². The van der Waals surface area contributed by atoms with Gasteiger partial charge in [0.2, 0.25) is 0 Å². The predicted octanol–water partition coefficient (Wildman–Crippen LogP) is 8.90. The van der Waals surface area contributed by atoms with Crippen LogP contribution in [0.2, 0.25) is 0 Å². The quantitative estimate of drug-likeness (QED) is 0.249. The number of allylic oxidation sites excluding steroid dienone is 4. The maximum Gasteiger partial charge on any atom is 0.258 e. The molecule has 1 aliphatic rings. The molecule has 3 rings (SSSR count). The minimum absolute atomic E-state index is 0.00448. The molecular formula is C35H45NO2. The van der Waals surface area contributed by atoms with Crippen LogP contribution in [0.3, 0.4) is 0 Å². The zero-order chi connectivity index (χ0) is 27.7. The molecule has 1 saturated carbocycles. The molecule has 0 N–H and O–H groups in total. The first-order valence-corrected chi connectivity index (χ1v) is 14.1. The lowest BCUT2D eigenvalue weighted by Crippen LogP contribution is -2.32. The van der Waals surface area contributed by atoms with E-state index in [1.807, 2.05) is 53.4 Å². The monoisotopic (exact) mass is 511 g/mol. The fraction of sp³-hybridized carbons (Fsp3) is 0.429. The fourth-order valence-corrected chi connectivity index (χ4v) is 5.07. The molecule has 38 heavy (non-hydrogen) atoms. The van der Waals surface area contributed by atoms with Crippen LogP contribution in [-0.2, 0) is 4.79 Å². The minimum atomic E-state index is 0.00448. The molecule has 1 aliphatic carbocycles. The average Bonchev–Trinajstić information content (AvgIpc) is 2.90. The Bertz CT molecular complexity index is 1150. The van der Waals surface area contributed by atoms with Crippen LogP contribution >= 0.6 is 0 Å². The second-order valence-corrected chi connectivity index (χ2v) is 11.8. The SMILES string of the molecule is CC/C=C(\C=C(/C)C1CCC(C(=O)/C=C\C(C)(C)C)CC1)CN(C(=O)c1ccccc1)c1ccc(C)cc1. The summed E-state index contributed by atoms with van der Waals surface area (Å²) in [7, 11) is 0. The number of hydrogen-bond acceptors (Lipinski definition) is 2. The Balaban J connectivity index is 1.75. The van der Waals surface area contributed by atoms with Crippen molar-refractivity contribution in [3.8, 4) is 0 Å². The molecule has 0 radical (unpaired) electrons. The lowest BCUT2D eigenvalue weighted by molar-refractivity contribution is -0.119. The molecule has 0 atom stereocenters. The molecule has 0 unspecified atom stereocenters. The Morgan fingerprint density at radius 3 is 2.11 bits per heavy atom. The van der Waals surface area contributed by atoms with Gasteiger partial charge in [-0.3, -0.25) is 9.59 Å². The molecule has 1 amide bonds. The molecule has 0 spiro atoms. The number of carbonyl (C=O) groups is 2. The van der Waals surface area contributed by atoms with Crippen molar-refractivity contribution in [3.63, 3.8) is 0 Å². The van der Waals surface area contributed by atoms with Gasteiger partial charge in [0.05, 0.1) is 6.54 Å². The number of rotatable bonds is 9. The summed E-state index contributed by atoms with van der Waals surface area (Å²) < 4.78 is 0. The number of benzene rings is 2. The number of hydrogen-bond donors (Lipinski definition) is 0. The fourth-order valence-electron chi connectivity index (χ4n) is 5.07. The minimum Gasteiger partial charge on any atom is -0.304 e. The van der Waals surface area contributed by atoms with Gasteiger partial charge in [0, 0.05) is 17.2 Å². The third kappa shape index (κ3) is 8.68. The molecule has 2 aromatic rings. The standard InChI is InChI=1S/C35H45NO2/c1-7-11-28(24-27(3)29-16-18-30(19-17-29)33(37)22-23-35(4,5)6)25-36(32-20-14-26(2)15-21-32)34(38)31-12-9-8-10-13-31/h8-15,20-24,29-30H,7,16-19,25H2,1-6H3/b23-22-,27-24+,28-11+. The van der Waals surface area contributed by atoms with Gasteiger partial charge in [-0.2, -0.15) is 0 Å². The van der Waals surface area contributed by atoms with E-state index < -0.39 is 0 Å². The third-order valence-corrected chi connectivity index (χ3v) is 7.35. The van der Waals surface area contributed by atoms with Crippen LogP contribution in [0, 0.1) is 24.2 Å². The van der Waals surface area contributed by atoms with Gasteiger partial charge in [0.1, 0.15) is 0 Å². The lowest BCUT2D eigenvalue weighted by atomic mass is 9.76. The number of nitrogens with zero attached hydrogens (tertiary/aromatic N) is 1. The van der Waals surface area contributed by atoms with Crippen LogP contribution in [0.1, 0.15) is 82.6 Å². The zero-order valence-electron chi connectivity index (χ0n) is 24.2. The molecule has 0 bridgehead atoms. The number of ketones is 1. The van der Waals surface area contributed by atoms with Gasteiger partial charge in [-0.05, 0) is 93.2 Å². The van der Waals surface area contributed by atoms with Crippen molar-refractivity contribution in [1.82, 2.24) is 0 Å². The Morgan fingerprint density at radius 1 is 0.921 bits per heavy atom. The van der Waals surface area contributed by atoms with Gasteiger partial charge in [-0.15, -0.1) is 0 Å². The smallest absolute Gasteiger partial charge is 0.258 e. The molecule has 0 heterocycles. The van der Waals surface area contributed by atoms with Crippen molar-refractivity contribution in [2.45, 2.75) is 73.6 Å². The maximum absolute atomic E-state index is 13.6. The summed E-state index contributed by atoms with van der Waals surface area (Å²) in [5, 5.41) is 0. The highest BCUT2D eigenvalue weighted by atomic mass is 16.2. The van der Waals surface area contributed by atoms with Crippen LogP contribution < -0.4 is 4.90 Å². The van der Waals surface area contributed by atoms with Gasteiger partial charge in [0.25, 0.3) is 5.91 Å². The van der Waals surface area contributed by atoms with Gasteiger partial charge in [0.15, 0.2) is 5.78 Å². The van der Waals surface area contributed by atoms with Crippen molar-refractivity contribution in [2.24, 2.45) is 17.3 Å². The average molecular weight is 512 g/mol. The number of amides is 1. The summed E-state index contributed by atoms with van der Waals surface area (Å²) >= 11 is 0. The van der Waals surface area contributed by atoms with E-state index in [-0.39, 0.29) is 23.0 Å².